The highest BCUT2D eigenvalue weighted by molar-refractivity contribution is 8.00. The van der Waals surface area contributed by atoms with Crippen LogP contribution in [0, 0.1) is 6.92 Å². The number of nitrogens with zero attached hydrogens (tertiary/aromatic N) is 1. The van der Waals surface area contributed by atoms with Crippen LogP contribution in [0.3, 0.4) is 0 Å². The normalized spacial score (nSPS) is 25.2. The molecule has 0 aliphatic heterocycles. The van der Waals surface area contributed by atoms with E-state index in [1.807, 2.05) is 23.1 Å². The van der Waals surface area contributed by atoms with Crippen molar-refractivity contribution in [2.24, 2.45) is 4.99 Å². The fourth-order valence-electron chi connectivity index (χ4n) is 2.93. The molecule has 3 atom stereocenters. The predicted octanol–water partition coefficient (Wildman–Crippen LogP) is 3.19. The smallest absolute Gasteiger partial charge is 0.191 e. The molecule has 0 bridgehead atoms. The Kier molecular flexibility index (Phi) is 7.44. The van der Waals surface area contributed by atoms with Crippen LogP contribution in [0.4, 0.5) is 0 Å². The van der Waals surface area contributed by atoms with Crippen LogP contribution >= 0.6 is 23.1 Å². The number of aryl methyl sites for hydroxylation is 1. The second kappa shape index (κ2) is 9.11. The summed E-state index contributed by atoms with van der Waals surface area (Å²) < 4.78 is 0. The van der Waals surface area contributed by atoms with E-state index in [2.05, 4.69) is 55.5 Å². The Balaban J connectivity index is 1.90. The Morgan fingerprint density at radius 2 is 2.29 bits per heavy atom. The molecule has 1 aliphatic carbocycles. The molecule has 6 heteroatoms. The Morgan fingerprint density at radius 3 is 2.83 bits per heavy atom. The van der Waals surface area contributed by atoms with Crippen molar-refractivity contribution in [1.29, 1.82) is 0 Å². The van der Waals surface area contributed by atoms with Gasteiger partial charge in [0, 0.05) is 34.0 Å². The molecule has 0 aromatic carbocycles. The van der Waals surface area contributed by atoms with Crippen molar-refractivity contribution < 1.29 is 5.11 Å². The average molecular weight is 370 g/mol. The van der Waals surface area contributed by atoms with Crippen LogP contribution < -0.4 is 10.6 Å². The van der Waals surface area contributed by atoms with Gasteiger partial charge in [0.25, 0.3) is 0 Å². The summed E-state index contributed by atoms with van der Waals surface area (Å²) in [5, 5.41) is 17.8. The second-order valence-electron chi connectivity index (χ2n) is 6.54. The molecule has 3 unspecified atom stereocenters. The SMILES string of the molecule is CCNC(=NCC1(O)CCC1SCC)NC(C)Cc1ccc(C)s1. The Hall–Kier alpha value is -0.720. The van der Waals surface area contributed by atoms with Gasteiger partial charge in [-0.15, -0.1) is 11.3 Å². The molecular weight excluding hydrogens is 338 g/mol. The van der Waals surface area contributed by atoms with Crippen molar-refractivity contribution in [3.63, 3.8) is 0 Å². The molecule has 24 heavy (non-hydrogen) atoms. The van der Waals surface area contributed by atoms with E-state index in [-0.39, 0.29) is 0 Å². The lowest BCUT2D eigenvalue weighted by Crippen LogP contribution is -2.53. The lowest BCUT2D eigenvalue weighted by molar-refractivity contribution is -0.0154. The van der Waals surface area contributed by atoms with Crippen LogP contribution in [0.2, 0.25) is 0 Å². The number of aliphatic hydroxyl groups is 1. The maximum atomic E-state index is 10.7. The van der Waals surface area contributed by atoms with Gasteiger partial charge in [0.1, 0.15) is 0 Å². The van der Waals surface area contributed by atoms with Crippen molar-refractivity contribution in [3.8, 4) is 0 Å². The minimum atomic E-state index is -0.628. The zero-order valence-corrected chi connectivity index (χ0v) is 16.9. The first kappa shape index (κ1) is 19.6. The number of nitrogens with one attached hydrogen (secondary N) is 2. The van der Waals surface area contributed by atoms with Gasteiger partial charge < -0.3 is 15.7 Å². The first-order chi connectivity index (χ1) is 11.5. The van der Waals surface area contributed by atoms with Crippen molar-refractivity contribution >= 4 is 29.1 Å². The third kappa shape index (κ3) is 5.39. The number of hydrogen-bond donors (Lipinski definition) is 3. The summed E-state index contributed by atoms with van der Waals surface area (Å²) in [6.07, 6.45) is 2.95. The van der Waals surface area contributed by atoms with E-state index >= 15 is 0 Å². The third-order valence-corrected chi connectivity index (χ3v) is 6.78. The van der Waals surface area contributed by atoms with Gasteiger partial charge >= 0.3 is 0 Å². The number of aliphatic imine (C=N–C) groups is 1. The van der Waals surface area contributed by atoms with E-state index in [9.17, 15) is 5.11 Å². The Bertz CT molecular complexity index is 546. The van der Waals surface area contributed by atoms with E-state index in [4.69, 9.17) is 0 Å². The minimum Gasteiger partial charge on any atom is -0.387 e. The fraction of sp³-hybridized carbons (Fsp3) is 0.722. The topological polar surface area (TPSA) is 56.7 Å². The summed E-state index contributed by atoms with van der Waals surface area (Å²) >= 11 is 3.70. The van der Waals surface area contributed by atoms with Crippen molar-refractivity contribution in [2.75, 3.05) is 18.8 Å². The number of thioether (sulfide) groups is 1. The first-order valence-corrected chi connectivity index (χ1v) is 10.8. The van der Waals surface area contributed by atoms with Crippen LogP contribution in [0.1, 0.15) is 43.4 Å². The maximum Gasteiger partial charge on any atom is 0.191 e. The number of rotatable bonds is 8. The Labute approximate surface area is 154 Å². The van der Waals surface area contributed by atoms with E-state index in [0.29, 0.717) is 17.8 Å². The summed E-state index contributed by atoms with van der Waals surface area (Å²) in [6.45, 7) is 9.83. The Morgan fingerprint density at radius 1 is 1.50 bits per heavy atom. The molecule has 4 nitrogen and oxygen atoms in total. The van der Waals surface area contributed by atoms with Gasteiger partial charge in [-0.05, 0) is 51.5 Å². The molecule has 0 amide bonds. The summed E-state index contributed by atoms with van der Waals surface area (Å²) in [7, 11) is 0. The molecule has 1 aliphatic rings. The monoisotopic (exact) mass is 369 g/mol. The van der Waals surface area contributed by atoms with Crippen LogP contribution in [-0.4, -0.2) is 46.8 Å². The molecule has 2 rings (SSSR count). The molecule has 1 fully saturated rings. The lowest BCUT2D eigenvalue weighted by atomic mass is 9.79. The molecule has 0 saturated heterocycles. The van der Waals surface area contributed by atoms with E-state index in [1.54, 1.807) is 0 Å². The summed E-state index contributed by atoms with van der Waals surface area (Å²) in [5.41, 5.74) is -0.628. The molecule has 3 N–H and O–H groups in total. The standard InChI is InChI=1S/C18H31N3OS2/c1-5-19-17(20-12-18(22)10-9-16(18)23-6-2)21-13(3)11-15-8-7-14(4)24-15/h7-8,13,16,22H,5-6,9-12H2,1-4H3,(H2,19,20,21). The molecule has 136 valence electrons. The molecule has 1 aromatic heterocycles. The molecule has 1 heterocycles. The molecule has 1 aromatic rings. The van der Waals surface area contributed by atoms with E-state index in [0.717, 1.165) is 37.5 Å². The van der Waals surface area contributed by atoms with E-state index in [1.165, 1.54) is 9.75 Å². The second-order valence-corrected chi connectivity index (χ2v) is 9.40. The van der Waals surface area contributed by atoms with Crippen LogP contribution in [0.25, 0.3) is 0 Å². The lowest BCUT2D eigenvalue weighted by Gasteiger charge is -2.44. The zero-order chi connectivity index (χ0) is 17.6. The first-order valence-electron chi connectivity index (χ1n) is 8.91. The fourth-order valence-corrected chi connectivity index (χ4v) is 5.14. The van der Waals surface area contributed by atoms with Gasteiger partial charge in [-0.3, -0.25) is 4.99 Å². The highest BCUT2D eigenvalue weighted by Gasteiger charge is 2.45. The quantitative estimate of drug-likeness (QED) is 0.487. The molecular formula is C18H31N3OS2. The van der Waals surface area contributed by atoms with Crippen molar-refractivity contribution in [1.82, 2.24) is 10.6 Å². The number of guanidine groups is 1. The molecule has 0 spiro atoms. The highest BCUT2D eigenvalue weighted by atomic mass is 32.2. The average Bonchev–Trinajstić information content (AvgIpc) is 2.94. The van der Waals surface area contributed by atoms with Gasteiger partial charge in [0.05, 0.1) is 12.1 Å². The summed E-state index contributed by atoms with van der Waals surface area (Å²) in [5.74, 6) is 1.85. The summed E-state index contributed by atoms with van der Waals surface area (Å²) in [6, 6.07) is 4.67. The van der Waals surface area contributed by atoms with Gasteiger partial charge in [-0.2, -0.15) is 11.8 Å². The number of thiophene rings is 1. The van der Waals surface area contributed by atoms with Crippen molar-refractivity contribution in [3.05, 3.63) is 21.9 Å². The zero-order valence-electron chi connectivity index (χ0n) is 15.3. The van der Waals surface area contributed by atoms with Gasteiger partial charge in [0.2, 0.25) is 0 Å². The number of hydrogen-bond acceptors (Lipinski definition) is 4. The van der Waals surface area contributed by atoms with E-state index < -0.39 is 5.60 Å². The third-order valence-electron chi connectivity index (χ3n) is 4.35. The van der Waals surface area contributed by atoms with Gasteiger partial charge in [0.15, 0.2) is 5.96 Å². The molecule has 0 radical (unpaired) electrons. The van der Waals surface area contributed by atoms with Crippen LogP contribution in [0.5, 0.6) is 0 Å². The van der Waals surface area contributed by atoms with Gasteiger partial charge in [-0.1, -0.05) is 6.92 Å². The molecule has 1 saturated carbocycles. The van der Waals surface area contributed by atoms with Gasteiger partial charge in [-0.25, -0.2) is 0 Å². The highest BCUT2D eigenvalue weighted by Crippen LogP contribution is 2.41. The largest absolute Gasteiger partial charge is 0.387 e. The predicted molar refractivity (Wildman–Crippen MR) is 107 cm³/mol. The summed E-state index contributed by atoms with van der Waals surface area (Å²) in [4.78, 5) is 7.40. The maximum absolute atomic E-state index is 10.7. The van der Waals surface area contributed by atoms with Crippen molar-refractivity contribution in [2.45, 2.75) is 63.9 Å². The van der Waals surface area contributed by atoms with Crippen LogP contribution in [0.15, 0.2) is 17.1 Å². The van der Waals surface area contributed by atoms with Crippen LogP contribution in [-0.2, 0) is 6.42 Å². The minimum absolute atomic E-state index is 0.303.